The lowest BCUT2D eigenvalue weighted by Crippen LogP contribution is -2.37. The maximum Gasteiger partial charge on any atom is 0.0303 e. The molecule has 102 valence electrons. The predicted octanol–water partition coefficient (Wildman–Crippen LogP) is 3.60. The molecule has 2 aromatic rings. The van der Waals surface area contributed by atoms with E-state index < -0.39 is 0 Å². The lowest BCUT2D eigenvalue weighted by molar-refractivity contribution is 0.456. The fraction of sp³-hybridized carbons (Fsp3) is 0.368. The van der Waals surface area contributed by atoms with Crippen LogP contribution in [-0.2, 0) is 18.3 Å². The Morgan fingerprint density at radius 3 is 2.55 bits per heavy atom. The molecular formula is C19H21N. The fourth-order valence-electron chi connectivity index (χ4n) is 4.31. The minimum atomic E-state index is -0.0368. The number of aryl methyl sites for hydroxylation is 1. The van der Waals surface area contributed by atoms with Gasteiger partial charge in [0.2, 0.25) is 0 Å². The first-order valence-corrected chi connectivity index (χ1v) is 7.65. The zero-order valence-electron chi connectivity index (χ0n) is 11.8. The molecule has 0 heterocycles. The van der Waals surface area contributed by atoms with Crippen molar-refractivity contribution >= 4 is 0 Å². The molecule has 1 nitrogen and oxygen atoms in total. The van der Waals surface area contributed by atoms with Crippen molar-refractivity contribution in [2.45, 2.75) is 43.1 Å². The first kappa shape index (κ1) is 12.2. The van der Waals surface area contributed by atoms with Crippen LogP contribution in [0.2, 0.25) is 0 Å². The highest BCUT2D eigenvalue weighted by Gasteiger charge is 2.66. The minimum absolute atomic E-state index is 0.0368. The predicted molar refractivity (Wildman–Crippen MR) is 82.7 cm³/mol. The van der Waals surface area contributed by atoms with Crippen molar-refractivity contribution in [2.75, 3.05) is 0 Å². The maximum atomic E-state index is 6.80. The number of fused-ring (bicyclic) bond motifs is 2. The van der Waals surface area contributed by atoms with E-state index in [9.17, 15) is 0 Å². The average Bonchev–Trinajstić information content (AvgIpc) is 3.05. The van der Waals surface area contributed by atoms with Crippen molar-refractivity contribution in [2.24, 2.45) is 5.73 Å². The highest BCUT2D eigenvalue weighted by Crippen LogP contribution is 2.62. The van der Waals surface area contributed by atoms with Gasteiger partial charge in [-0.2, -0.15) is 0 Å². The smallest absolute Gasteiger partial charge is 0.0303 e. The Bertz CT molecular complexity index is 633. The van der Waals surface area contributed by atoms with E-state index in [-0.39, 0.29) is 11.0 Å². The summed E-state index contributed by atoms with van der Waals surface area (Å²) in [7, 11) is 0. The van der Waals surface area contributed by atoms with Crippen LogP contribution in [0.5, 0.6) is 0 Å². The molecule has 2 N–H and O–H groups in total. The van der Waals surface area contributed by atoms with E-state index in [2.05, 4.69) is 54.6 Å². The number of nitrogens with two attached hydrogens (primary N) is 1. The van der Waals surface area contributed by atoms with Crippen LogP contribution >= 0.6 is 0 Å². The lowest BCUT2D eigenvalue weighted by Gasteiger charge is -2.30. The standard InChI is InChI=1S/C19H21N/c20-19(13-15-7-2-1-3-8-15)14-18(19)12-6-10-16-9-4-5-11-17(16)18/h1-5,7-9,11H,6,10,12-14,20H2. The van der Waals surface area contributed by atoms with E-state index in [1.807, 2.05) is 0 Å². The first-order chi connectivity index (χ1) is 9.74. The minimum Gasteiger partial charge on any atom is -0.324 e. The van der Waals surface area contributed by atoms with E-state index in [4.69, 9.17) is 5.73 Å². The average molecular weight is 263 g/mol. The van der Waals surface area contributed by atoms with E-state index >= 15 is 0 Å². The van der Waals surface area contributed by atoms with Crippen LogP contribution in [0.1, 0.15) is 36.0 Å². The van der Waals surface area contributed by atoms with Gasteiger partial charge in [-0.15, -0.1) is 0 Å². The van der Waals surface area contributed by atoms with Crippen molar-refractivity contribution in [1.29, 1.82) is 0 Å². The molecule has 0 aliphatic heterocycles. The van der Waals surface area contributed by atoms with E-state index in [1.165, 1.54) is 36.0 Å². The molecule has 0 radical (unpaired) electrons. The number of hydrogen-bond donors (Lipinski definition) is 1. The number of rotatable bonds is 2. The Morgan fingerprint density at radius 1 is 0.950 bits per heavy atom. The van der Waals surface area contributed by atoms with Gasteiger partial charge in [-0.25, -0.2) is 0 Å². The molecule has 1 fully saturated rings. The second kappa shape index (κ2) is 4.20. The molecule has 2 aromatic carbocycles. The van der Waals surface area contributed by atoms with E-state index in [0.717, 1.165) is 12.8 Å². The molecule has 2 unspecified atom stereocenters. The maximum absolute atomic E-state index is 6.80. The van der Waals surface area contributed by atoms with Gasteiger partial charge >= 0.3 is 0 Å². The molecule has 2 atom stereocenters. The normalized spacial score (nSPS) is 31.1. The lowest BCUT2D eigenvalue weighted by atomic mass is 9.76. The topological polar surface area (TPSA) is 26.0 Å². The van der Waals surface area contributed by atoms with Crippen LogP contribution in [0.25, 0.3) is 0 Å². The van der Waals surface area contributed by atoms with Gasteiger partial charge in [-0.3, -0.25) is 0 Å². The van der Waals surface area contributed by atoms with Crippen LogP contribution in [0.3, 0.4) is 0 Å². The largest absolute Gasteiger partial charge is 0.324 e. The highest BCUT2D eigenvalue weighted by atomic mass is 14.9. The van der Waals surface area contributed by atoms with Gasteiger partial charge < -0.3 is 5.73 Å². The van der Waals surface area contributed by atoms with Crippen LogP contribution < -0.4 is 5.73 Å². The third-order valence-electron chi connectivity index (χ3n) is 5.39. The monoisotopic (exact) mass is 263 g/mol. The quantitative estimate of drug-likeness (QED) is 0.880. The van der Waals surface area contributed by atoms with Crippen molar-refractivity contribution in [3.63, 3.8) is 0 Å². The Balaban J connectivity index is 1.69. The summed E-state index contributed by atoms with van der Waals surface area (Å²) >= 11 is 0. The highest BCUT2D eigenvalue weighted by molar-refractivity contribution is 5.49. The van der Waals surface area contributed by atoms with E-state index in [1.54, 1.807) is 0 Å². The summed E-state index contributed by atoms with van der Waals surface area (Å²) in [5.41, 5.74) is 11.4. The summed E-state index contributed by atoms with van der Waals surface area (Å²) < 4.78 is 0. The van der Waals surface area contributed by atoms with Crippen LogP contribution in [-0.4, -0.2) is 5.54 Å². The molecule has 2 aliphatic carbocycles. The van der Waals surface area contributed by atoms with Gasteiger partial charge in [0, 0.05) is 11.0 Å². The third-order valence-corrected chi connectivity index (χ3v) is 5.39. The molecule has 1 heteroatoms. The summed E-state index contributed by atoms with van der Waals surface area (Å²) in [6.45, 7) is 0. The van der Waals surface area contributed by atoms with E-state index in [0.29, 0.717) is 0 Å². The van der Waals surface area contributed by atoms with Crippen LogP contribution in [0.4, 0.5) is 0 Å². The number of hydrogen-bond acceptors (Lipinski definition) is 1. The Hall–Kier alpha value is -1.60. The molecule has 0 saturated heterocycles. The molecule has 2 aliphatic rings. The Morgan fingerprint density at radius 2 is 1.70 bits per heavy atom. The Labute approximate surface area is 120 Å². The van der Waals surface area contributed by atoms with Gasteiger partial charge in [0.05, 0.1) is 0 Å². The summed E-state index contributed by atoms with van der Waals surface area (Å²) in [5, 5.41) is 0. The van der Waals surface area contributed by atoms with Crippen LogP contribution in [0, 0.1) is 0 Å². The van der Waals surface area contributed by atoms with Gasteiger partial charge in [-0.1, -0.05) is 54.6 Å². The second-order valence-corrected chi connectivity index (χ2v) is 6.59. The molecule has 1 saturated carbocycles. The summed E-state index contributed by atoms with van der Waals surface area (Å²) in [4.78, 5) is 0. The molecule has 20 heavy (non-hydrogen) atoms. The molecular weight excluding hydrogens is 242 g/mol. The van der Waals surface area contributed by atoms with Crippen molar-refractivity contribution < 1.29 is 0 Å². The van der Waals surface area contributed by atoms with Crippen molar-refractivity contribution in [3.05, 3.63) is 71.3 Å². The zero-order valence-corrected chi connectivity index (χ0v) is 11.8. The second-order valence-electron chi connectivity index (χ2n) is 6.59. The summed E-state index contributed by atoms with van der Waals surface area (Å²) in [5.74, 6) is 0. The SMILES string of the molecule is NC1(Cc2ccccc2)CC12CCCc1ccccc12. The zero-order chi connectivity index (χ0) is 13.6. The molecule has 0 amide bonds. The Kier molecular flexibility index (Phi) is 2.55. The molecule has 1 spiro atoms. The van der Waals surface area contributed by atoms with Gasteiger partial charge in [-0.05, 0) is 48.8 Å². The summed E-state index contributed by atoms with van der Waals surface area (Å²) in [6, 6.07) is 19.6. The number of benzene rings is 2. The summed E-state index contributed by atoms with van der Waals surface area (Å²) in [6.07, 6.45) is 5.91. The molecule has 0 bridgehead atoms. The molecule has 0 aromatic heterocycles. The first-order valence-electron chi connectivity index (χ1n) is 7.65. The van der Waals surface area contributed by atoms with Gasteiger partial charge in [0.15, 0.2) is 0 Å². The van der Waals surface area contributed by atoms with Gasteiger partial charge in [0.25, 0.3) is 0 Å². The van der Waals surface area contributed by atoms with Crippen LogP contribution in [0.15, 0.2) is 54.6 Å². The third kappa shape index (κ3) is 1.66. The van der Waals surface area contributed by atoms with Crippen molar-refractivity contribution in [1.82, 2.24) is 0 Å². The molecule has 4 rings (SSSR count). The van der Waals surface area contributed by atoms with Gasteiger partial charge in [0.1, 0.15) is 0 Å². The fourth-order valence-corrected chi connectivity index (χ4v) is 4.31. The van der Waals surface area contributed by atoms with Crippen molar-refractivity contribution in [3.8, 4) is 0 Å².